The van der Waals surface area contributed by atoms with Gasteiger partial charge < -0.3 is 10.5 Å². The fourth-order valence-electron chi connectivity index (χ4n) is 2.34. The van der Waals surface area contributed by atoms with Gasteiger partial charge in [-0.25, -0.2) is 4.79 Å². The zero-order valence-corrected chi connectivity index (χ0v) is 10.9. The molecule has 0 heterocycles. The van der Waals surface area contributed by atoms with Crippen molar-refractivity contribution in [2.45, 2.75) is 45.3 Å². The average Bonchev–Trinajstić information content (AvgIpc) is 2.41. The van der Waals surface area contributed by atoms with Crippen molar-refractivity contribution in [3.63, 3.8) is 0 Å². The van der Waals surface area contributed by atoms with Crippen molar-refractivity contribution in [3.8, 4) is 0 Å². The number of hydrogen-bond donors (Lipinski definition) is 1. The van der Waals surface area contributed by atoms with Crippen LogP contribution in [0.25, 0.3) is 0 Å². The molecule has 1 saturated carbocycles. The summed E-state index contributed by atoms with van der Waals surface area (Å²) in [5.41, 5.74) is 7.16. The van der Waals surface area contributed by atoms with Crippen LogP contribution in [-0.2, 0) is 11.3 Å². The predicted molar refractivity (Wildman–Crippen MR) is 71.2 cm³/mol. The molecule has 0 aliphatic heterocycles. The quantitative estimate of drug-likeness (QED) is 0.836. The number of rotatable bonds is 3. The molecule has 0 bridgehead atoms. The maximum Gasteiger partial charge on any atom is 0.338 e. The van der Waals surface area contributed by atoms with Gasteiger partial charge in [0.15, 0.2) is 0 Å². The van der Waals surface area contributed by atoms with Gasteiger partial charge in [-0.2, -0.15) is 0 Å². The molecule has 1 aromatic rings. The van der Waals surface area contributed by atoms with Crippen molar-refractivity contribution in [2.24, 2.45) is 11.7 Å². The maximum atomic E-state index is 11.9. The van der Waals surface area contributed by atoms with Gasteiger partial charge in [-0.05, 0) is 49.3 Å². The van der Waals surface area contributed by atoms with Gasteiger partial charge in [0.05, 0.1) is 5.56 Å². The molecule has 0 atom stereocenters. The molecule has 3 nitrogen and oxygen atoms in total. The zero-order chi connectivity index (χ0) is 13.0. The van der Waals surface area contributed by atoms with Crippen LogP contribution < -0.4 is 5.73 Å². The summed E-state index contributed by atoms with van der Waals surface area (Å²) in [7, 11) is 0. The van der Waals surface area contributed by atoms with Crippen LogP contribution in [-0.4, -0.2) is 12.1 Å². The van der Waals surface area contributed by atoms with Gasteiger partial charge in [0.25, 0.3) is 0 Å². The second-order valence-corrected chi connectivity index (χ2v) is 5.19. The van der Waals surface area contributed by atoms with Gasteiger partial charge >= 0.3 is 5.97 Å². The van der Waals surface area contributed by atoms with E-state index in [0.29, 0.717) is 12.1 Å². The minimum Gasteiger partial charge on any atom is -0.459 e. The van der Waals surface area contributed by atoms with E-state index in [0.717, 1.165) is 37.2 Å². The lowest BCUT2D eigenvalue weighted by Crippen LogP contribution is -2.23. The van der Waals surface area contributed by atoms with Crippen molar-refractivity contribution in [2.75, 3.05) is 0 Å². The molecule has 1 fully saturated rings. The highest BCUT2D eigenvalue weighted by Crippen LogP contribution is 2.26. The summed E-state index contributed by atoms with van der Waals surface area (Å²) in [4.78, 5) is 11.9. The molecule has 18 heavy (non-hydrogen) atoms. The molecule has 1 aliphatic rings. The Labute approximate surface area is 108 Å². The molecule has 0 spiro atoms. The third-order valence-corrected chi connectivity index (χ3v) is 3.66. The summed E-state index contributed by atoms with van der Waals surface area (Å²) < 4.78 is 5.53. The highest BCUT2D eigenvalue weighted by molar-refractivity contribution is 5.89. The van der Waals surface area contributed by atoms with E-state index < -0.39 is 0 Å². The topological polar surface area (TPSA) is 52.3 Å². The molecule has 2 N–H and O–H groups in total. The van der Waals surface area contributed by atoms with E-state index >= 15 is 0 Å². The Kier molecular flexibility index (Phi) is 4.37. The zero-order valence-electron chi connectivity index (χ0n) is 10.9. The van der Waals surface area contributed by atoms with Crippen LogP contribution in [0.4, 0.5) is 0 Å². The van der Waals surface area contributed by atoms with Crippen molar-refractivity contribution in [1.29, 1.82) is 0 Å². The van der Waals surface area contributed by atoms with Gasteiger partial charge in [0.1, 0.15) is 6.10 Å². The Hall–Kier alpha value is -1.35. The molecule has 3 heteroatoms. The number of nitrogens with two attached hydrogens (primary N) is 1. The number of ether oxygens (including phenoxy) is 1. The molecule has 0 saturated heterocycles. The molecule has 0 amide bonds. The fraction of sp³-hybridized carbons (Fsp3) is 0.533. The monoisotopic (exact) mass is 247 g/mol. The third kappa shape index (κ3) is 3.33. The summed E-state index contributed by atoms with van der Waals surface area (Å²) in [5.74, 6) is 0.557. The molecular weight excluding hydrogens is 226 g/mol. The summed E-state index contributed by atoms with van der Waals surface area (Å²) >= 11 is 0. The lowest BCUT2D eigenvalue weighted by molar-refractivity contribution is 0.0174. The first kappa shape index (κ1) is 13.1. The van der Waals surface area contributed by atoms with Crippen molar-refractivity contribution in [3.05, 3.63) is 35.4 Å². The lowest BCUT2D eigenvalue weighted by Gasteiger charge is -2.25. The SMILES string of the molecule is CC1CCC(OC(=O)c2ccc(CN)cc2)CC1. The van der Waals surface area contributed by atoms with Crippen LogP contribution in [0.15, 0.2) is 24.3 Å². The smallest absolute Gasteiger partial charge is 0.338 e. The molecule has 2 rings (SSSR count). The predicted octanol–water partition coefficient (Wildman–Crippen LogP) is 2.88. The van der Waals surface area contributed by atoms with Crippen LogP contribution in [0, 0.1) is 5.92 Å². The number of carbonyl (C=O) groups excluding carboxylic acids is 1. The second kappa shape index (κ2) is 6.01. The van der Waals surface area contributed by atoms with Gasteiger partial charge in [-0.3, -0.25) is 0 Å². The minimum absolute atomic E-state index is 0.0999. The van der Waals surface area contributed by atoms with Gasteiger partial charge in [-0.15, -0.1) is 0 Å². The molecule has 1 aromatic carbocycles. The first-order valence-electron chi connectivity index (χ1n) is 6.69. The standard InChI is InChI=1S/C15H21NO2/c1-11-2-8-14(9-3-11)18-15(17)13-6-4-12(10-16)5-7-13/h4-7,11,14H,2-3,8-10,16H2,1H3. The van der Waals surface area contributed by atoms with E-state index in [2.05, 4.69) is 6.92 Å². The normalized spacial score (nSPS) is 23.7. The van der Waals surface area contributed by atoms with Crippen molar-refractivity contribution >= 4 is 5.97 Å². The van der Waals surface area contributed by atoms with E-state index in [4.69, 9.17) is 10.5 Å². The first-order chi connectivity index (χ1) is 8.69. The van der Waals surface area contributed by atoms with E-state index in [1.165, 1.54) is 0 Å². The summed E-state index contributed by atoms with van der Waals surface area (Å²) in [6.07, 6.45) is 4.40. The Morgan fingerprint density at radius 1 is 1.22 bits per heavy atom. The molecule has 0 radical (unpaired) electrons. The largest absolute Gasteiger partial charge is 0.459 e. The van der Waals surface area contributed by atoms with Crippen LogP contribution in [0.1, 0.15) is 48.5 Å². The Morgan fingerprint density at radius 2 is 1.83 bits per heavy atom. The highest BCUT2D eigenvalue weighted by atomic mass is 16.5. The maximum absolute atomic E-state index is 11.9. The van der Waals surface area contributed by atoms with Crippen molar-refractivity contribution in [1.82, 2.24) is 0 Å². The van der Waals surface area contributed by atoms with E-state index in [9.17, 15) is 4.79 Å². The minimum atomic E-state index is -0.210. The summed E-state index contributed by atoms with van der Waals surface area (Å²) in [6, 6.07) is 7.32. The molecule has 0 aromatic heterocycles. The van der Waals surface area contributed by atoms with Gasteiger partial charge in [-0.1, -0.05) is 19.1 Å². The van der Waals surface area contributed by atoms with Crippen LogP contribution >= 0.6 is 0 Å². The first-order valence-corrected chi connectivity index (χ1v) is 6.69. The number of esters is 1. The van der Waals surface area contributed by atoms with E-state index in [-0.39, 0.29) is 12.1 Å². The third-order valence-electron chi connectivity index (χ3n) is 3.66. The average molecular weight is 247 g/mol. The lowest BCUT2D eigenvalue weighted by atomic mass is 9.89. The van der Waals surface area contributed by atoms with Crippen LogP contribution in [0.5, 0.6) is 0 Å². The molecule has 0 unspecified atom stereocenters. The second-order valence-electron chi connectivity index (χ2n) is 5.19. The van der Waals surface area contributed by atoms with Crippen LogP contribution in [0.2, 0.25) is 0 Å². The Balaban J connectivity index is 1.90. The van der Waals surface area contributed by atoms with Crippen molar-refractivity contribution < 1.29 is 9.53 Å². The number of hydrogen-bond acceptors (Lipinski definition) is 3. The number of carbonyl (C=O) groups is 1. The Morgan fingerprint density at radius 3 is 2.39 bits per heavy atom. The highest BCUT2D eigenvalue weighted by Gasteiger charge is 2.21. The molecule has 1 aliphatic carbocycles. The molecule has 98 valence electrons. The summed E-state index contributed by atoms with van der Waals surface area (Å²) in [5, 5.41) is 0. The van der Waals surface area contributed by atoms with E-state index in [1.54, 1.807) is 12.1 Å². The Bertz CT molecular complexity index is 391. The van der Waals surface area contributed by atoms with Crippen LogP contribution in [0.3, 0.4) is 0 Å². The number of benzene rings is 1. The van der Waals surface area contributed by atoms with E-state index in [1.807, 2.05) is 12.1 Å². The molecular formula is C15H21NO2. The van der Waals surface area contributed by atoms with Gasteiger partial charge in [0, 0.05) is 6.54 Å². The fourth-order valence-corrected chi connectivity index (χ4v) is 2.34. The van der Waals surface area contributed by atoms with Gasteiger partial charge in [0.2, 0.25) is 0 Å². The summed E-state index contributed by atoms with van der Waals surface area (Å²) in [6.45, 7) is 2.75.